The Morgan fingerprint density at radius 1 is 1.33 bits per heavy atom. The van der Waals surface area contributed by atoms with E-state index in [0.29, 0.717) is 12.0 Å². The van der Waals surface area contributed by atoms with Crippen molar-refractivity contribution in [2.45, 2.75) is 31.7 Å². The molecule has 0 spiro atoms. The maximum atomic E-state index is 4.65. The fourth-order valence-corrected chi connectivity index (χ4v) is 3.56. The quantitative estimate of drug-likeness (QED) is 0.911. The van der Waals surface area contributed by atoms with Gasteiger partial charge < -0.3 is 10.2 Å². The molecule has 3 rings (SSSR count). The van der Waals surface area contributed by atoms with Crippen LogP contribution in [0.1, 0.15) is 25.7 Å². The number of nitrogens with zero attached hydrogens (tertiary/aromatic N) is 3. The number of nitrogens with one attached hydrogen (secondary N) is 1. The highest BCUT2D eigenvalue weighted by Crippen LogP contribution is 2.29. The van der Waals surface area contributed by atoms with Gasteiger partial charge in [0.25, 0.3) is 0 Å². The average Bonchev–Trinajstić information content (AvgIpc) is 3.02. The van der Waals surface area contributed by atoms with Gasteiger partial charge in [0.1, 0.15) is 5.84 Å². The smallest absolute Gasteiger partial charge is 0.182 e. The number of aromatic nitrogens is 1. The van der Waals surface area contributed by atoms with Gasteiger partial charge in [-0.05, 0) is 25.7 Å². The number of rotatable bonds is 3. The molecule has 18 heavy (non-hydrogen) atoms. The lowest BCUT2D eigenvalue weighted by molar-refractivity contribution is 0.382. The van der Waals surface area contributed by atoms with Gasteiger partial charge in [-0.1, -0.05) is 0 Å². The fourth-order valence-electron chi connectivity index (χ4n) is 2.96. The van der Waals surface area contributed by atoms with E-state index in [4.69, 9.17) is 0 Å². The number of aliphatic imine (C=N–C) groups is 1. The van der Waals surface area contributed by atoms with Gasteiger partial charge in [-0.25, -0.2) is 4.98 Å². The summed E-state index contributed by atoms with van der Waals surface area (Å²) in [6, 6.07) is 0.597. The van der Waals surface area contributed by atoms with Crippen molar-refractivity contribution >= 4 is 22.3 Å². The third-order valence-electron chi connectivity index (χ3n) is 3.95. The normalized spacial score (nSPS) is 28.3. The topological polar surface area (TPSA) is 40.5 Å². The van der Waals surface area contributed by atoms with E-state index in [1.165, 1.54) is 31.5 Å². The molecule has 1 aliphatic carbocycles. The van der Waals surface area contributed by atoms with Crippen LogP contribution in [0.3, 0.4) is 0 Å². The maximum absolute atomic E-state index is 4.65. The number of anilines is 1. The van der Waals surface area contributed by atoms with E-state index in [0.717, 1.165) is 18.2 Å². The summed E-state index contributed by atoms with van der Waals surface area (Å²) in [5.41, 5.74) is 0. The molecule has 0 radical (unpaired) electrons. The van der Waals surface area contributed by atoms with E-state index in [1.54, 1.807) is 11.3 Å². The molecule has 0 amide bonds. The SMILES string of the molecule is CN1CCN=C1C1CCC(Nc2nccs2)CC1. The van der Waals surface area contributed by atoms with Crippen LogP contribution in [0.5, 0.6) is 0 Å². The molecule has 98 valence electrons. The first kappa shape index (κ1) is 12.0. The molecule has 0 unspecified atom stereocenters. The van der Waals surface area contributed by atoms with Gasteiger partial charge in [-0.3, -0.25) is 4.99 Å². The molecule has 4 nitrogen and oxygen atoms in total. The summed E-state index contributed by atoms with van der Waals surface area (Å²) in [6.45, 7) is 2.09. The van der Waals surface area contributed by atoms with Gasteiger partial charge >= 0.3 is 0 Å². The Morgan fingerprint density at radius 3 is 2.78 bits per heavy atom. The van der Waals surface area contributed by atoms with Crippen LogP contribution in [0.25, 0.3) is 0 Å². The highest BCUT2D eigenvalue weighted by Gasteiger charge is 2.28. The van der Waals surface area contributed by atoms with Crippen LogP contribution < -0.4 is 5.32 Å². The maximum Gasteiger partial charge on any atom is 0.182 e. The average molecular weight is 264 g/mol. The van der Waals surface area contributed by atoms with E-state index in [-0.39, 0.29) is 0 Å². The molecule has 2 heterocycles. The second-order valence-electron chi connectivity index (χ2n) is 5.19. The number of likely N-dealkylation sites (N-methyl/N-ethyl adjacent to an activating group) is 1. The zero-order valence-corrected chi connectivity index (χ0v) is 11.6. The molecule has 1 aromatic heterocycles. The standard InChI is InChI=1S/C13H20N4S/c1-17-8-6-14-12(17)10-2-4-11(5-3-10)16-13-15-7-9-18-13/h7,9-11H,2-6,8H2,1H3,(H,15,16). The largest absolute Gasteiger partial charge is 0.361 e. The van der Waals surface area contributed by atoms with E-state index in [2.05, 4.69) is 27.2 Å². The second-order valence-corrected chi connectivity index (χ2v) is 6.09. The van der Waals surface area contributed by atoms with Gasteiger partial charge in [-0.15, -0.1) is 11.3 Å². The van der Waals surface area contributed by atoms with E-state index in [1.807, 2.05) is 11.6 Å². The van der Waals surface area contributed by atoms with Crippen molar-refractivity contribution in [2.24, 2.45) is 10.9 Å². The van der Waals surface area contributed by atoms with Crippen LogP contribution in [0.2, 0.25) is 0 Å². The number of amidine groups is 1. The van der Waals surface area contributed by atoms with Crippen molar-refractivity contribution in [1.29, 1.82) is 0 Å². The third-order valence-corrected chi connectivity index (χ3v) is 4.66. The van der Waals surface area contributed by atoms with Crippen LogP contribution in [0.4, 0.5) is 5.13 Å². The number of hydrogen-bond acceptors (Lipinski definition) is 5. The van der Waals surface area contributed by atoms with Crippen LogP contribution in [-0.2, 0) is 0 Å². The summed E-state index contributed by atoms with van der Waals surface area (Å²) < 4.78 is 0. The Morgan fingerprint density at radius 2 is 2.17 bits per heavy atom. The molecule has 0 atom stereocenters. The van der Waals surface area contributed by atoms with E-state index >= 15 is 0 Å². The van der Waals surface area contributed by atoms with Gasteiger partial charge in [0, 0.05) is 37.1 Å². The molecule has 1 fully saturated rings. The summed E-state index contributed by atoms with van der Waals surface area (Å²) in [7, 11) is 2.17. The Hall–Kier alpha value is -1.10. The second kappa shape index (κ2) is 5.26. The minimum Gasteiger partial charge on any atom is -0.361 e. The predicted octanol–water partition coefficient (Wildman–Crippen LogP) is 2.46. The van der Waals surface area contributed by atoms with Crippen molar-refractivity contribution in [3.8, 4) is 0 Å². The van der Waals surface area contributed by atoms with Crippen molar-refractivity contribution in [1.82, 2.24) is 9.88 Å². The first-order valence-corrected chi connectivity index (χ1v) is 7.62. The molecule has 5 heteroatoms. The highest BCUT2D eigenvalue weighted by atomic mass is 32.1. The highest BCUT2D eigenvalue weighted by molar-refractivity contribution is 7.13. The summed E-state index contributed by atoms with van der Waals surface area (Å²) in [5, 5.41) is 6.62. The lowest BCUT2D eigenvalue weighted by Crippen LogP contribution is -2.35. The van der Waals surface area contributed by atoms with Gasteiger partial charge in [-0.2, -0.15) is 0 Å². The zero-order valence-electron chi connectivity index (χ0n) is 10.8. The minimum absolute atomic E-state index is 0.597. The molecular formula is C13H20N4S. The monoisotopic (exact) mass is 264 g/mol. The van der Waals surface area contributed by atoms with Crippen molar-refractivity contribution in [3.63, 3.8) is 0 Å². The van der Waals surface area contributed by atoms with E-state index < -0.39 is 0 Å². The van der Waals surface area contributed by atoms with Crippen LogP contribution >= 0.6 is 11.3 Å². The van der Waals surface area contributed by atoms with Crippen molar-refractivity contribution in [2.75, 3.05) is 25.5 Å². The summed E-state index contributed by atoms with van der Waals surface area (Å²) in [5.74, 6) is 2.04. The summed E-state index contributed by atoms with van der Waals surface area (Å²) in [4.78, 5) is 11.3. The molecule has 0 aromatic carbocycles. The molecular weight excluding hydrogens is 244 g/mol. The van der Waals surface area contributed by atoms with Crippen molar-refractivity contribution < 1.29 is 0 Å². The summed E-state index contributed by atoms with van der Waals surface area (Å²) >= 11 is 1.69. The Labute approximate surface area is 112 Å². The molecule has 2 aliphatic rings. The molecule has 0 bridgehead atoms. The first-order valence-electron chi connectivity index (χ1n) is 6.74. The minimum atomic E-state index is 0.597. The fraction of sp³-hybridized carbons (Fsp3) is 0.692. The zero-order chi connectivity index (χ0) is 12.4. The van der Waals surface area contributed by atoms with Gasteiger partial charge in [0.15, 0.2) is 5.13 Å². The van der Waals surface area contributed by atoms with Crippen LogP contribution in [0.15, 0.2) is 16.6 Å². The molecule has 1 aromatic rings. The van der Waals surface area contributed by atoms with E-state index in [9.17, 15) is 0 Å². The summed E-state index contributed by atoms with van der Waals surface area (Å²) in [6.07, 6.45) is 6.84. The van der Waals surface area contributed by atoms with Gasteiger partial charge in [0.2, 0.25) is 0 Å². The molecule has 1 N–H and O–H groups in total. The number of hydrogen-bond donors (Lipinski definition) is 1. The molecule has 0 saturated heterocycles. The molecule has 1 aliphatic heterocycles. The van der Waals surface area contributed by atoms with Crippen LogP contribution in [0, 0.1) is 5.92 Å². The Bertz CT molecular complexity index is 407. The lowest BCUT2D eigenvalue weighted by Gasteiger charge is -2.31. The number of thiazole rings is 1. The third kappa shape index (κ3) is 2.51. The van der Waals surface area contributed by atoms with Gasteiger partial charge in [0.05, 0.1) is 6.54 Å². The Kier molecular flexibility index (Phi) is 3.50. The first-order chi connectivity index (χ1) is 8.83. The van der Waals surface area contributed by atoms with Crippen molar-refractivity contribution in [3.05, 3.63) is 11.6 Å². The Balaban J connectivity index is 1.52. The van der Waals surface area contributed by atoms with Crippen LogP contribution in [-0.4, -0.2) is 41.9 Å². The molecule has 1 saturated carbocycles. The lowest BCUT2D eigenvalue weighted by atomic mass is 9.85. The predicted molar refractivity (Wildman–Crippen MR) is 76.4 cm³/mol.